The minimum Gasteiger partial charge on any atom is -0.495 e. The maximum Gasteiger partial charge on any atom is 0.246 e. The molecule has 1 unspecified atom stereocenters. The van der Waals surface area contributed by atoms with E-state index in [1.165, 1.54) is 30.7 Å². The molecule has 1 aromatic carbocycles. The molecular weight excluding hydrogens is 296 g/mol. The molecule has 3 N–H and O–H groups in total. The average molecular weight is 316 g/mol. The van der Waals surface area contributed by atoms with Gasteiger partial charge < -0.3 is 20.3 Å². The molecule has 2 rings (SSSR count). The number of ether oxygens (including phenoxy) is 2. The molecule has 0 bridgehead atoms. The predicted octanol–water partition coefficient (Wildman–Crippen LogP) is 0.431. The highest BCUT2D eigenvalue weighted by atomic mass is 32.2. The van der Waals surface area contributed by atoms with Crippen LogP contribution in [0.15, 0.2) is 17.0 Å². The van der Waals surface area contributed by atoms with Gasteiger partial charge in [-0.2, -0.15) is 4.31 Å². The summed E-state index contributed by atoms with van der Waals surface area (Å²) >= 11 is 0. The third-order valence-electron chi connectivity index (χ3n) is 3.55. The summed E-state index contributed by atoms with van der Waals surface area (Å²) in [6.07, 6.45) is 0.389. The first-order chi connectivity index (χ1) is 9.71. The smallest absolute Gasteiger partial charge is 0.246 e. The normalized spacial score (nSPS) is 23.2. The van der Waals surface area contributed by atoms with Crippen LogP contribution in [0.2, 0.25) is 0 Å². The molecule has 1 atom stereocenters. The summed E-state index contributed by atoms with van der Waals surface area (Å²) in [6, 6.07) is 2.76. The SMILES string of the molecule is COc1cc(OC)c(S(=O)(=O)N2CCC(C)(O)C2)cc1N. The summed E-state index contributed by atoms with van der Waals surface area (Å²) in [4.78, 5) is -0.0269. The quantitative estimate of drug-likeness (QED) is 0.781. The van der Waals surface area contributed by atoms with Crippen molar-refractivity contribution < 1.29 is 23.0 Å². The van der Waals surface area contributed by atoms with Gasteiger partial charge in [0.05, 0.1) is 25.5 Å². The van der Waals surface area contributed by atoms with Gasteiger partial charge in [0, 0.05) is 19.2 Å². The first kappa shape index (κ1) is 15.9. The number of β-amino-alcohol motifs (C(OH)–C–C–N with tert-alkyl or cyclic N) is 1. The zero-order chi connectivity index (χ0) is 15.8. The van der Waals surface area contributed by atoms with E-state index in [4.69, 9.17) is 15.2 Å². The van der Waals surface area contributed by atoms with Gasteiger partial charge in [0.1, 0.15) is 16.4 Å². The number of nitrogen functional groups attached to an aromatic ring is 1. The molecule has 0 aliphatic carbocycles. The average Bonchev–Trinajstić information content (AvgIpc) is 2.79. The van der Waals surface area contributed by atoms with Crippen molar-refractivity contribution in [2.45, 2.75) is 23.8 Å². The molecule has 21 heavy (non-hydrogen) atoms. The highest BCUT2D eigenvalue weighted by molar-refractivity contribution is 7.89. The molecule has 0 saturated carbocycles. The monoisotopic (exact) mass is 316 g/mol. The molecule has 1 aromatic rings. The van der Waals surface area contributed by atoms with Crippen molar-refractivity contribution in [3.63, 3.8) is 0 Å². The first-order valence-electron chi connectivity index (χ1n) is 6.45. The maximum absolute atomic E-state index is 12.7. The number of benzene rings is 1. The molecule has 118 valence electrons. The van der Waals surface area contributed by atoms with Crippen molar-refractivity contribution in [3.05, 3.63) is 12.1 Å². The second kappa shape index (κ2) is 5.36. The molecule has 8 heteroatoms. The highest BCUT2D eigenvalue weighted by Gasteiger charge is 2.39. The topological polar surface area (TPSA) is 102 Å². The fourth-order valence-corrected chi connectivity index (χ4v) is 4.07. The maximum atomic E-state index is 12.7. The lowest BCUT2D eigenvalue weighted by atomic mass is 10.1. The Morgan fingerprint density at radius 1 is 1.29 bits per heavy atom. The van der Waals surface area contributed by atoms with Gasteiger partial charge in [-0.05, 0) is 19.4 Å². The summed E-state index contributed by atoms with van der Waals surface area (Å²) < 4.78 is 36.8. The van der Waals surface area contributed by atoms with Crippen LogP contribution in [0, 0.1) is 0 Å². The number of hydrogen-bond acceptors (Lipinski definition) is 6. The molecule has 1 heterocycles. The van der Waals surface area contributed by atoms with Gasteiger partial charge in [0.25, 0.3) is 0 Å². The lowest BCUT2D eigenvalue weighted by Gasteiger charge is -2.21. The van der Waals surface area contributed by atoms with Crippen molar-refractivity contribution in [1.29, 1.82) is 0 Å². The number of sulfonamides is 1. The van der Waals surface area contributed by atoms with Gasteiger partial charge in [0.2, 0.25) is 10.0 Å². The molecule has 1 aliphatic heterocycles. The highest BCUT2D eigenvalue weighted by Crippen LogP contribution is 2.37. The summed E-state index contributed by atoms with van der Waals surface area (Å²) in [5.41, 5.74) is 4.99. The minimum atomic E-state index is -3.79. The summed E-state index contributed by atoms with van der Waals surface area (Å²) in [6.45, 7) is 1.91. The number of aliphatic hydroxyl groups is 1. The lowest BCUT2D eigenvalue weighted by Crippen LogP contribution is -2.34. The number of methoxy groups -OCH3 is 2. The van der Waals surface area contributed by atoms with Crippen LogP contribution >= 0.6 is 0 Å². The fourth-order valence-electron chi connectivity index (χ4n) is 2.34. The van der Waals surface area contributed by atoms with Crippen LogP contribution in [-0.4, -0.2) is 50.7 Å². The third-order valence-corrected chi connectivity index (χ3v) is 5.42. The van der Waals surface area contributed by atoms with Crippen molar-refractivity contribution in [2.75, 3.05) is 33.0 Å². The van der Waals surface area contributed by atoms with Gasteiger partial charge in [-0.1, -0.05) is 0 Å². The molecule has 0 radical (unpaired) electrons. The Bertz CT molecular complexity index is 642. The summed E-state index contributed by atoms with van der Waals surface area (Å²) in [5, 5.41) is 9.96. The molecular formula is C13H20N2O5S. The van der Waals surface area contributed by atoms with Crippen molar-refractivity contribution in [1.82, 2.24) is 4.31 Å². The number of nitrogens with zero attached hydrogens (tertiary/aromatic N) is 1. The second-order valence-electron chi connectivity index (χ2n) is 5.33. The van der Waals surface area contributed by atoms with Crippen LogP contribution in [0.4, 0.5) is 5.69 Å². The Labute approximate surface area is 124 Å². The van der Waals surface area contributed by atoms with Crippen LogP contribution in [0.3, 0.4) is 0 Å². The van der Waals surface area contributed by atoms with E-state index in [0.717, 1.165) is 0 Å². The van der Waals surface area contributed by atoms with Gasteiger partial charge in [0.15, 0.2) is 0 Å². The third kappa shape index (κ3) is 2.92. The van der Waals surface area contributed by atoms with Crippen molar-refractivity contribution >= 4 is 15.7 Å². The lowest BCUT2D eigenvalue weighted by molar-refractivity contribution is 0.0762. The van der Waals surface area contributed by atoms with E-state index in [1.807, 2.05) is 0 Å². The zero-order valence-corrected chi connectivity index (χ0v) is 13.1. The van der Waals surface area contributed by atoms with Crippen LogP contribution in [0.25, 0.3) is 0 Å². The number of rotatable bonds is 4. The molecule has 0 amide bonds. The summed E-state index contributed by atoms with van der Waals surface area (Å²) in [5.74, 6) is 0.506. The summed E-state index contributed by atoms with van der Waals surface area (Å²) in [7, 11) is -0.967. The van der Waals surface area contributed by atoms with E-state index in [2.05, 4.69) is 0 Å². The van der Waals surface area contributed by atoms with E-state index in [0.29, 0.717) is 12.2 Å². The van der Waals surface area contributed by atoms with Gasteiger partial charge in [-0.15, -0.1) is 0 Å². The van der Waals surface area contributed by atoms with Crippen LogP contribution in [0.1, 0.15) is 13.3 Å². The molecule has 1 fully saturated rings. The Kier molecular flexibility index (Phi) is 4.05. The predicted molar refractivity (Wildman–Crippen MR) is 78.0 cm³/mol. The van der Waals surface area contributed by atoms with E-state index in [1.54, 1.807) is 6.92 Å². The van der Waals surface area contributed by atoms with Gasteiger partial charge in [-0.3, -0.25) is 0 Å². The van der Waals surface area contributed by atoms with E-state index < -0.39 is 15.6 Å². The Morgan fingerprint density at radius 2 is 1.90 bits per heavy atom. The second-order valence-corrected chi connectivity index (χ2v) is 7.24. The van der Waals surface area contributed by atoms with E-state index in [-0.39, 0.29) is 29.4 Å². The van der Waals surface area contributed by atoms with Crippen LogP contribution in [-0.2, 0) is 10.0 Å². The van der Waals surface area contributed by atoms with Crippen LogP contribution < -0.4 is 15.2 Å². The largest absolute Gasteiger partial charge is 0.495 e. The number of hydrogen-bond donors (Lipinski definition) is 2. The Morgan fingerprint density at radius 3 is 2.38 bits per heavy atom. The standard InChI is InChI=1S/C13H20N2O5S/c1-13(16)4-5-15(8-13)21(17,18)12-6-9(14)10(19-2)7-11(12)20-3/h6-7,16H,4-5,8,14H2,1-3H3. The molecule has 0 spiro atoms. The molecule has 0 aromatic heterocycles. The first-order valence-corrected chi connectivity index (χ1v) is 7.89. The zero-order valence-electron chi connectivity index (χ0n) is 12.3. The van der Waals surface area contributed by atoms with Crippen molar-refractivity contribution in [3.8, 4) is 11.5 Å². The molecule has 1 saturated heterocycles. The molecule has 1 aliphatic rings. The van der Waals surface area contributed by atoms with Gasteiger partial charge in [-0.25, -0.2) is 8.42 Å². The fraction of sp³-hybridized carbons (Fsp3) is 0.538. The molecule has 7 nitrogen and oxygen atoms in total. The Balaban J connectivity index is 2.48. The number of anilines is 1. The Hall–Kier alpha value is -1.51. The van der Waals surface area contributed by atoms with Crippen LogP contribution in [0.5, 0.6) is 11.5 Å². The van der Waals surface area contributed by atoms with E-state index >= 15 is 0 Å². The van der Waals surface area contributed by atoms with Crippen molar-refractivity contribution in [2.24, 2.45) is 0 Å². The van der Waals surface area contributed by atoms with Gasteiger partial charge >= 0.3 is 0 Å². The van der Waals surface area contributed by atoms with E-state index in [9.17, 15) is 13.5 Å². The minimum absolute atomic E-state index is 0.0269. The number of nitrogens with two attached hydrogens (primary N) is 1.